The van der Waals surface area contributed by atoms with Crippen LogP contribution in [-0.2, 0) is 15.9 Å². The highest BCUT2D eigenvalue weighted by molar-refractivity contribution is 7.55. The zero-order valence-corrected chi connectivity index (χ0v) is 21.2. The Morgan fingerprint density at radius 1 is 0.725 bits per heavy atom. The number of hydrogen-bond acceptors (Lipinski definition) is 6. The van der Waals surface area contributed by atoms with Gasteiger partial charge in [0.1, 0.15) is 18.1 Å². The number of ether oxygens (including phenoxy) is 1. The third-order valence-corrected chi connectivity index (χ3v) is 7.41. The number of nitrogens with two attached hydrogens (primary N) is 1. The van der Waals surface area contributed by atoms with Crippen molar-refractivity contribution < 1.29 is 45.1 Å². The van der Waals surface area contributed by atoms with Crippen LogP contribution in [0.1, 0.15) is 16.9 Å². The summed E-state index contributed by atoms with van der Waals surface area (Å²) in [5, 5.41) is 2.26. The molecule has 7 nitrogen and oxygen atoms in total. The van der Waals surface area contributed by atoms with Crippen molar-refractivity contribution in [1.82, 2.24) is 5.32 Å². The number of nitrogen functional groups attached to an aromatic ring is 1. The van der Waals surface area contributed by atoms with E-state index in [0.717, 1.165) is 0 Å². The Morgan fingerprint density at radius 3 is 1.65 bits per heavy atom. The highest BCUT2D eigenvalue weighted by Gasteiger charge is 2.42. The molecule has 0 heterocycles. The van der Waals surface area contributed by atoms with Gasteiger partial charge in [0.15, 0.2) is 29.1 Å². The molecule has 0 saturated heterocycles. The summed E-state index contributed by atoms with van der Waals surface area (Å²) in [4.78, 5) is 12.8. The smallest absolute Gasteiger partial charge is 0.444 e. The lowest BCUT2D eigenvalue weighted by atomic mass is 10.2. The van der Waals surface area contributed by atoms with Crippen molar-refractivity contribution in [3.05, 3.63) is 125 Å². The number of halogens is 5. The molecule has 4 aromatic rings. The lowest BCUT2D eigenvalue weighted by molar-refractivity contribution is 0.133. The molecule has 0 spiro atoms. The first-order valence-corrected chi connectivity index (χ1v) is 13.1. The second-order valence-electron chi connectivity index (χ2n) is 8.19. The highest BCUT2D eigenvalue weighted by atomic mass is 31.2. The molecule has 0 saturated carbocycles. The molecular formula is C27H20F5N2O5P. The minimum absolute atomic E-state index is 0.110. The Kier molecular flexibility index (Phi) is 8.59. The zero-order valence-electron chi connectivity index (χ0n) is 20.3. The summed E-state index contributed by atoms with van der Waals surface area (Å²) in [6.45, 7) is -1.34. The lowest BCUT2D eigenvalue weighted by Crippen LogP contribution is -2.31. The molecule has 4 aromatic carbocycles. The maximum atomic E-state index is 14.4. The molecule has 0 aliphatic heterocycles. The maximum absolute atomic E-state index is 14.4. The van der Waals surface area contributed by atoms with Gasteiger partial charge < -0.3 is 24.8 Å². The van der Waals surface area contributed by atoms with Crippen molar-refractivity contribution in [2.75, 3.05) is 5.73 Å². The Balaban J connectivity index is 1.68. The van der Waals surface area contributed by atoms with Crippen LogP contribution in [0, 0.1) is 29.1 Å². The number of para-hydroxylation sites is 2. The SMILES string of the molecule is Nc1ccc(C(NC(=O)OCc2c(F)c(F)c(F)c(F)c2F)P(=O)(Oc2ccccc2)Oc2ccccc2)cc1. The molecule has 1 amide bonds. The quantitative estimate of drug-likeness (QED) is 0.0714. The summed E-state index contributed by atoms with van der Waals surface area (Å²) in [7, 11) is -4.47. The molecule has 0 bridgehead atoms. The molecule has 0 radical (unpaired) electrons. The summed E-state index contributed by atoms with van der Waals surface area (Å²) in [6, 6.07) is 21.5. The number of carbonyl (C=O) groups is 1. The van der Waals surface area contributed by atoms with E-state index in [2.05, 4.69) is 5.32 Å². The van der Waals surface area contributed by atoms with Gasteiger partial charge in [-0.2, -0.15) is 0 Å². The van der Waals surface area contributed by atoms with Crippen LogP contribution in [0.3, 0.4) is 0 Å². The van der Waals surface area contributed by atoms with Crippen LogP contribution in [0.4, 0.5) is 32.4 Å². The van der Waals surface area contributed by atoms with Gasteiger partial charge in [-0.15, -0.1) is 0 Å². The number of hydrogen-bond donors (Lipinski definition) is 2. The highest BCUT2D eigenvalue weighted by Crippen LogP contribution is 2.59. The molecule has 4 rings (SSSR count). The van der Waals surface area contributed by atoms with Crippen molar-refractivity contribution in [3.8, 4) is 11.5 Å². The van der Waals surface area contributed by atoms with Gasteiger partial charge in [0.05, 0.1) is 5.56 Å². The molecule has 208 valence electrons. The van der Waals surface area contributed by atoms with Crippen molar-refractivity contribution in [3.63, 3.8) is 0 Å². The monoisotopic (exact) mass is 578 g/mol. The van der Waals surface area contributed by atoms with E-state index in [9.17, 15) is 31.3 Å². The van der Waals surface area contributed by atoms with E-state index < -0.39 is 60.7 Å². The van der Waals surface area contributed by atoms with E-state index in [1.807, 2.05) is 0 Å². The fraction of sp³-hybridized carbons (Fsp3) is 0.0741. The standard InChI is InChI=1S/C27H20F5N2O5P/c28-21-20(22(29)24(31)25(32)23(21)30)15-37-27(35)34-26(16-11-13-17(33)14-12-16)40(36,38-18-7-3-1-4-8-18)39-19-9-5-2-6-10-19/h1-14,26H,15,33H2,(H,34,35). The Morgan fingerprint density at radius 2 is 1.18 bits per heavy atom. The molecule has 1 unspecified atom stereocenters. The molecule has 13 heteroatoms. The van der Waals surface area contributed by atoms with Gasteiger partial charge in [-0.3, -0.25) is 0 Å². The van der Waals surface area contributed by atoms with Gasteiger partial charge >= 0.3 is 13.7 Å². The van der Waals surface area contributed by atoms with Gasteiger partial charge in [-0.05, 0) is 42.0 Å². The van der Waals surface area contributed by atoms with Crippen molar-refractivity contribution in [1.29, 1.82) is 0 Å². The number of rotatable bonds is 9. The third kappa shape index (κ3) is 6.35. The second-order valence-corrected chi connectivity index (χ2v) is 10.1. The molecule has 3 N–H and O–H groups in total. The maximum Gasteiger partial charge on any atom is 0.457 e. The third-order valence-electron chi connectivity index (χ3n) is 5.42. The number of nitrogens with one attached hydrogen (secondary N) is 1. The van der Waals surface area contributed by atoms with E-state index in [0.29, 0.717) is 5.69 Å². The Hall–Kier alpha value is -4.57. The van der Waals surface area contributed by atoms with Crippen LogP contribution < -0.4 is 20.1 Å². The first kappa shape index (κ1) is 28.4. The lowest BCUT2D eigenvalue weighted by Gasteiger charge is -2.28. The summed E-state index contributed by atoms with van der Waals surface area (Å²) in [5.74, 6) is -12.5. The summed E-state index contributed by atoms with van der Waals surface area (Å²) in [6.07, 6.45) is -1.43. The minimum atomic E-state index is -4.47. The topological polar surface area (TPSA) is 99.9 Å². The van der Waals surface area contributed by atoms with E-state index in [-0.39, 0.29) is 17.1 Å². The number of alkyl carbamates (subject to hydrolysis) is 1. The van der Waals surface area contributed by atoms with Gasteiger partial charge in [-0.1, -0.05) is 48.5 Å². The van der Waals surface area contributed by atoms with Crippen molar-refractivity contribution in [2.24, 2.45) is 0 Å². The normalized spacial score (nSPS) is 11.9. The molecule has 0 fully saturated rings. The average Bonchev–Trinajstić information content (AvgIpc) is 2.95. The Bertz CT molecular complexity index is 1470. The van der Waals surface area contributed by atoms with E-state index >= 15 is 0 Å². The fourth-order valence-corrected chi connectivity index (χ4v) is 5.35. The largest absolute Gasteiger partial charge is 0.457 e. The van der Waals surface area contributed by atoms with Crippen molar-refractivity contribution >= 4 is 19.4 Å². The van der Waals surface area contributed by atoms with Crippen LogP contribution in [0.2, 0.25) is 0 Å². The second kappa shape index (κ2) is 12.1. The van der Waals surface area contributed by atoms with E-state index in [1.54, 1.807) is 36.4 Å². The molecule has 1 atom stereocenters. The molecule has 0 aromatic heterocycles. The summed E-state index contributed by atoms with van der Waals surface area (Å²) >= 11 is 0. The molecule has 0 aliphatic rings. The van der Waals surface area contributed by atoms with Crippen LogP contribution in [-0.4, -0.2) is 6.09 Å². The number of anilines is 1. The predicted octanol–water partition coefficient (Wildman–Crippen LogP) is 7.24. The zero-order chi connectivity index (χ0) is 28.9. The van der Waals surface area contributed by atoms with Gasteiger partial charge in [0, 0.05) is 5.69 Å². The fourth-order valence-electron chi connectivity index (χ4n) is 3.47. The average molecular weight is 578 g/mol. The predicted molar refractivity (Wildman–Crippen MR) is 135 cm³/mol. The van der Waals surface area contributed by atoms with Crippen LogP contribution in [0.25, 0.3) is 0 Å². The summed E-state index contributed by atoms with van der Waals surface area (Å²) < 4.78 is 99.3. The first-order chi connectivity index (χ1) is 19.1. The van der Waals surface area contributed by atoms with E-state index in [4.69, 9.17) is 19.5 Å². The van der Waals surface area contributed by atoms with Gasteiger partial charge in [0.2, 0.25) is 5.82 Å². The van der Waals surface area contributed by atoms with Gasteiger partial charge in [0.25, 0.3) is 0 Å². The first-order valence-electron chi connectivity index (χ1n) is 11.5. The Labute approximate surface area is 224 Å². The van der Waals surface area contributed by atoms with E-state index in [1.165, 1.54) is 48.5 Å². The van der Waals surface area contributed by atoms with Crippen LogP contribution in [0.15, 0.2) is 84.9 Å². The number of amides is 1. The van der Waals surface area contributed by atoms with Crippen LogP contribution >= 0.6 is 7.60 Å². The van der Waals surface area contributed by atoms with Crippen LogP contribution in [0.5, 0.6) is 11.5 Å². The molecule has 40 heavy (non-hydrogen) atoms. The van der Waals surface area contributed by atoms with Crippen molar-refractivity contribution in [2.45, 2.75) is 12.4 Å². The number of benzene rings is 4. The summed E-state index contributed by atoms with van der Waals surface area (Å²) in [5.41, 5.74) is 4.88. The molecular weight excluding hydrogens is 558 g/mol. The van der Waals surface area contributed by atoms with Gasteiger partial charge in [-0.25, -0.2) is 31.3 Å². The number of carbonyl (C=O) groups excluding carboxylic acids is 1. The molecule has 0 aliphatic carbocycles. The minimum Gasteiger partial charge on any atom is -0.444 e.